The second-order valence-electron chi connectivity index (χ2n) is 6.61. The topological polar surface area (TPSA) is 70.7 Å². The van der Waals surface area contributed by atoms with Crippen LogP contribution in [0.2, 0.25) is 0 Å². The number of aromatic nitrogens is 3. The average Bonchev–Trinajstić information content (AvgIpc) is 3.34. The van der Waals surface area contributed by atoms with E-state index in [1.54, 1.807) is 12.1 Å². The average molecular weight is 384 g/mol. The maximum absolute atomic E-state index is 12.4. The van der Waals surface area contributed by atoms with Crippen LogP contribution < -0.4 is 5.32 Å². The van der Waals surface area contributed by atoms with Gasteiger partial charge in [-0.05, 0) is 53.9 Å². The van der Waals surface area contributed by atoms with Crippen LogP contribution in [0.15, 0.2) is 66.9 Å². The number of fused-ring (bicyclic) bond motifs is 2. The van der Waals surface area contributed by atoms with Crippen LogP contribution in [0.25, 0.3) is 32.2 Å². The number of carbonyl (C=O) groups is 1. The van der Waals surface area contributed by atoms with Crippen molar-refractivity contribution in [2.45, 2.75) is 6.92 Å². The lowest BCUT2D eigenvalue weighted by Crippen LogP contribution is -2.11. The summed E-state index contributed by atoms with van der Waals surface area (Å²) in [6.07, 6.45) is 1.86. The zero-order valence-corrected chi connectivity index (χ0v) is 15.9. The minimum atomic E-state index is -0.154. The Morgan fingerprint density at radius 1 is 1.07 bits per heavy atom. The first-order valence-corrected chi connectivity index (χ1v) is 9.71. The monoisotopic (exact) mass is 384 g/mol. The predicted octanol–water partition coefficient (Wildman–Crippen LogP) is 5.40. The van der Waals surface area contributed by atoms with Gasteiger partial charge in [-0.25, -0.2) is 4.98 Å². The second-order valence-corrected chi connectivity index (χ2v) is 7.64. The van der Waals surface area contributed by atoms with E-state index in [0.717, 1.165) is 32.2 Å². The van der Waals surface area contributed by atoms with Gasteiger partial charge >= 0.3 is 0 Å². The minimum absolute atomic E-state index is 0.154. The summed E-state index contributed by atoms with van der Waals surface area (Å²) in [5.74, 6) is -0.154. The van der Waals surface area contributed by atoms with E-state index in [2.05, 4.69) is 45.6 Å². The molecule has 2 aromatic heterocycles. The van der Waals surface area contributed by atoms with Crippen molar-refractivity contribution in [3.8, 4) is 11.1 Å². The standard InChI is InChI=1S/C22H16N4OS/c1-13-7-9-17-16(12-23-26-17)20(13)15-8-10-18-19(11-15)28-22(24-18)25-21(27)14-5-3-2-4-6-14/h2-12H,1H3,(H,23,26)(H,24,25,27). The Morgan fingerprint density at radius 2 is 1.93 bits per heavy atom. The Bertz CT molecular complexity index is 1320. The molecule has 2 heterocycles. The molecule has 0 spiro atoms. The molecule has 0 fully saturated rings. The first-order chi connectivity index (χ1) is 13.7. The second kappa shape index (κ2) is 6.58. The van der Waals surface area contributed by atoms with Crippen molar-refractivity contribution in [2.75, 3.05) is 5.32 Å². The van der Waals surface area contributed by atoms with Crippen molar-refractivity contribution in [1.82, 2.24) is 15.2 Å². The van der Waals surface area contributed by atoms with Gasteiger partial charge in [-0.2, -0.15) is 5.10 Å². The molecule has 5 nitrogen and oxygen atoms in total. The molecule has 0 saturated carbocycles. The minimum Gasteiger partial charge on any atom is -0.298 e. The number of carbonyl (C=O) groups excluding carboxylic acids is 1. The Labute approximate surface area is 165 Å². The number of nitrogens with zero attached hydrogens (tertiary/aromatic N) is 2. The van der Waals surface area contributed by atoms with Crippen molar-refractivity contribution < 1.29 is 4.79 Å². The molecular formula is C22H16N4OS. The van der Waals surface area contributed by atoms with Crippen LogP contribution in [0.3, 0.4) is 0 Å². The van der Waals surface area contributed by atoms with E-state index in [1.165, 1.54) is 16.9 Å². The summed E-state index contributed by atoms with van der Waals surface area (Å²) in [4.78, 5) is 16.9. The summed E-state index contributed by atoms with van der Waals surface area (Å²) in [6, 6.07) is 19.5. The SMILES string of the molecule is Cc1ccc2[nH]ncc2c1-c1ccc2nc(NC(=O)c3ccccc3)sc2c1. The number of nitrogens with one attached hydrogen (secondary N) is 2. The summed E-state index contributed by atoms with van der Waals surface area (Å²) in [6.45, 7) is 2.10. The molecular weight excluding hydrogens is 368 g/mol. The summed E-state index contributed by atoms with van der Waals surface area (Å²) < 4.78 is 1.03. The molecule has 1 amide bonds. The highest BCUT2D eigenvalue weighted by Crippen LogP contribution is 2.35. The van der Waals surface area contributed by atoms with Gasteiger partial charge in [0.1, 0.15) is 0 Å². The van der Waals surface area contributed by atoms with Crippen LogP contribution in [0, 0.1) is 6.92 Å². The Balaban J connectivity index is 1.53. The smallest absolute Gasteiger partial charge is 0.257 e. The van der Waals surface area contributed by atoms with Gasteiger partial charge in [-0.1, -0.05) is 41.7 Å². The van der Waals surface area contributed by atoms with Gasteiger partial charge in [0.15, 0.2) is 5.13 Å². The molecule has 0 aliphatic rings. The van der Waals surface area contributed by atoms with Crippen molar-refractivity contribution in [3.63, 3.8) is 0 Å². The van der Waals surface area contributed by atoms with E-state index in [9.17, 15) is 4.79 Å². The van der Waals surface area contributed by atoms with Crippen LogP contribution in [0.1, 0.15) is 15.9 Å². The van der Waals surface area contributed by atoms with Crippen molar-refractivity contribution in [1.29, 1.82) is 0 Å². The highest BCUT2D eigenvalue weighted by atomic mass is 32.1. The number of amides is 1. The summed E-state index contributed by atoms with van der Waals surface area (Å²) in [5.41, 5.74) is 5.97. The Kier molecular flexibility index (Phi) is 3.91. The lowest BCUT2D eigenvalue weighted by molar-refractivity contribution is 0.102. The molecule has 3 aromatic carbocycles. The fourth-order valence-electron chi connectivity index (χ4n) is 3.40. The van der Waals surface area contributed by atoms with Gasteiger partial charge in [-0.15, -0.1) is 0 Å². The van der Waals surface area contributed by atoms with E-state index < -0.39 is 0 Å². The maximum Gasteiger partial charge on any atom is 0.257 e. The van der Waals surface area contributed by atoms with Crippen molar-refractivity contribution >= 4 is 43.5 Å². The third-order valence-corrected chi connectivity index (χ3v) is 5.70. The number of H-pyrrole nitrogens is 1. The molecule has 28 heavy (non-hydrogen) atoms. The molecule has 0 unspecified atom stereocenters. The third-order valence-electron chi connectivity index (χ3n) is 4.77. The molecule has 2 N–H and O–H groups in total. The molecule has 5 aromatic rings. The highest BCUT2D eigenvalue weighted by Gasteiger charge is 2.13. The van der Waals surface area contributed by atoms with Crippen molar-refractivity contribution in [3.05, 3.63) is 78.0 Å². The number of rotatable bonds is 3. The van der Waals surface area contributed by atoms with Gasteiger partial charge in [-0.3, -0.25) is 15.2 Å². The molecule has 0 atom stereocenters. The normalized spacial score (nSPS) is 11.2. The van der Waals surface area contributed by atoms with E-state index in [1.807, 2.05) is 36.5 Å². The maximum atomic E-state index is 12.4. The Morgan fingerprint density at radius 3 is 2.79 bits per heavy atom. The third kappa shape index (κ3) is 2.84. The fraction of sp³-hybridized carbons (Fsp3) is 0.0455. The van der Waals surface area contributed by atoms with E-state index >= 15 is 0 Å². The van der Waals surface area contributed by atoms with Crippen LogP contribution in [-0.2, 0) is 0 Å². The summed E-state index contributed by atoms with van der Waals surface area (Å²) >= 11 is 1.48. The van der Waals surface area contributed by atoms with Crippen LogP contribution in [0.4, 0.5) is 5.13 Å². The molecule has 0 aliphatic carbocycles. The number of hydrogen-bond donors (Lipinski definition) is 2. The Hall–Kier alpha value is -3.51. The van der Waals surface area contributed by atoms with Gasteiger partial charge in [0.25, 0.3) is 5.91 Å². The quantitative estimate of drug-likeness (QED) is 0.437. The largest absolute Gasteiger partial charge is 0.298 e. The van der Waals surface area contributed by atoms with Gasteiger partial charge < -0.3 is 0 Å². The summed E-state index contributed by atoms with van der Waals surface area (Å²) in [7, 11) is 0. The summed E-state index contributed by atoms with van der Waals surface area (Å²) in [5, 5.41) is 11.8. The number of hydrogen-bond acceptors (Lipinski definition) is 4. The molecule has 0 aliphatic heterocycles. The van der Waals surface area contributed by atoms with Crippen LogP contribution >= 0.6 is 11.3 Å². The molecule has 6 heteroatoms. The fourth-order valence-corrected chi connectivity index (χ4v) is 4.30. The van der Waals surface area contributed by atoms with E-state index in [0.29, 0.717) is 10.7 Å². The zero-order chi connectivity index (χ0) is 19.1. The molecule has 0 bridgehead atoms. The lowest BCUT2D eigenvalue weighted by Gasteiger charge is -2.07. The molecule has 136 valence electrons. The molecule has 0 saturated heterocycles. The number of aryl methyl sites for hydroxylation is 1. The zero-order valence-electron chi connectivity index (χ0n) is 15.1. The van der Waals surface area contributed by atoms with Gasteiger partial charge in [0.05, 0.1) is 21.9 Å². The first-order valence-electron chi connectivity index (χ1n) is 8.89. The molecule has 0 radical (unpaired) electrons. The predicted molar refractivity (Wildman–Crippen MR) is 114 cm³/mol. The highest BCUT2D eigenvalue weighted by molar-refractivity contribution is 7.22. The molecule has 5 rings (SSSR count). The lowest BCUT2D eigenvalue weighted by atomic mass is 9.97. The number of aromatic amines is 1. The van der Waals surface area contributed by atoms with Crippen molar-refractivity contribution in [2.24, 2.45) is 0 Å². The van der Waals surface area contributed by atoms with Crippen LogP contribution in [-0.4, -0.2) is 21.1 Å². The number of thiazole rings is 1. The first kappa shape index (κ1) is 16.6. The number of anilines is 1. The van der Waals surface area contributed by atoms with Gasteiger partial charge in [0.2, 0.25) is 0 Å². The van der Waals surface area contributed by atoms with Crippen LogP contribution in [0.5, 0.6) is 0 Å². The van der Waals surface area contributed by atoms with Gasteiger partial charge in [0, 0.05) is 10.9 Å². The van der Waals surface area contributed by atoms with E-state index in [-0.39, 0.29) is 5.91 Å². The number of benzene rings is 3. The van der Waals surface area contributed by atoms with E-state index in [4.69, 9.17) is 0 Å².